The van der Waals surface area contributed by atoms with Gasteiger partial charge in [-0.15, -0.1) is 0 Å². The molecule has 370 valence electrons. The van der Waals surface area contributed by atoms with E-state index in [2.05, 4.69) is 55.6 Å². The molecule has 1 fully saturated rings. The van der Waals surface area contributed by atoms with Crippen molar-refractivity contribution in [1.29, 1.82) is 0 Å². The number of hydrogen-bond acceptors (Lipinski definition) is 10. The van der Waals surface area contributed by atoms with Crippen LogP contribution in [0.1, 0.15) is 219 Å². The van der Waals surface area contributed by atoms with E-state index >= 15 is 0 Å². The summed E-state index contributed by atoms with van der Waals surface area (Å²) < 4.78 is 11.1. The Hall–Kier alpha value is -1.67. The molecule has 9 unspecified atom stereocenters. The second-order valence-electron chi connectivity index (χ2n) is 18.2. The van der Waals surface area contributed by atoms with E-state index in [9.17, 15) is 40.5 Å². The Kier molecular flexibility index (Phi) is 39.3. The molecule has 0 aromatic heterocycles. The van der Waals surface area contributed by atoms with E-state index in [1.807, 2.05) is 0 Å². The number of unbranched alkanes of at least 4 members (excludes halogenated alkanes) is 25. The molecule has 0 radical (unpaired) electrons. The van der Waals surface area contributed by atoms with Crippen LogP contribution in [0.15, 0.2) is 36.5 Å². The number of ether oxygens (including phenoxy) is 2. The number of rotatable bonds is 43. The lowest BCUT2D eigenvalue weighted by Gasteiger charge is -2.40. The highest BCUT2D eigenvalue weighted by molar-refractivity contribution is 5.80. The standard InChI is InChI=1S/C52H97NO10/c1-3-5-7-9-11-13-14-15-16-17-18-19-20-21-22-23-24-25-26-27-28-29-30-32-33-35-37-39-44(55)47(57)43(42-62-52-50(60)49(59)48(58)46(41-54)63-52)53-51(61)45(56)40-38-36-34-31-12-10-8-6-4-2/h10,12,27-28,32-33,43-50,52,54-60H,3-9,11,13-26,29-31,34-42H2,1-2H3,(H,53,61)/b12-10-,28-27+,33-32+. The molecule has 8 N–H and O–H groups in total. The van der Waals surface area contributed by atoms with Gasteiger partial charge in [-0.2, -0.15) is 0 Å². The molecule has 9 atom stereocenters. The van der Waals surface area contributed by atoms with Gasteiger partial charge in [0, 0.05) is 0 Å². The van der Waals surface area contributed by atoms with Crippen LogP contribution in [-0.2, 0) is 14.3 Å². The smallest absolute Gasteiger partial charge is 0.249 e. The molecule has 1 heterocycles. The van der Waals surface area contributed by atoms with Crippen LogP contribution in [0.3, 0.4) is 0 Å². The van der Waals surface area contributed by atoms with E-state index in [1.165, 1.54) is 122 Å². The Balaban J connectivity index is 2.31. The number of hydrogen-bond donors (Lipinski definition) is 8. The van der Waals surface area contributed by atoms with Crippen molar-refractivity contribution in [3.05, 3.63) is 36.5 Å². The maximum atomic E-state index is 13.0. The average molecular weight is 896 g/mol. The molecule has 0 bridgehead atoms. The summed E-state index contributed by atoms with van der Waals surface area (Å²) in [6.45, 7) is 3.36. The number of aliphatic hydroxyl groups is 7. The van der Waals surface area contributed by atoms with Crippen LogP contribution >= 0.6 is 0 Å². The highest BCUT2D eigenvalue weighted by Crippen LogP contribution is 2.23. The van der Waals surface area contributed by atoms with Gasteiger partial charge in [0.05, 0.1) is 25.4 Å². The lowest BCUT2D eigenvalue weighted by Crippen LogP contribution is -2.60. The maximum Gasteiger partial charge on any atom is 0.249 e. The normalized spacial score (nSPS) is 21.4. The first-order valence-corrected chi connectivity index (χ1v) is 25.9. The Labute approximate surface area is 384 Å². The fourth-order valence-electron chi connectivity index (χ4n) is 8.09. The predicted octanol–water partition coefficient (Wildman–Crippen LogP) is 9.56. The van der Waals surface area contributed by atoms with E-state index in [0.29, 0.717) is 19.3 Å². The van der Waals surface area contributed by atoms with Crippen molar-refractivity contribution in [2.75, 3.05) is 13.2 Å². The zero-order chi connectivity index (χ0) is 46.2. The number of carbonyl (C=O) groups is 1. The highest BCUT2D eigenvalue weighted by atomic mass is 16.7. The Bertz CT molecular complexity index is 1120. The molecule has 0 spiro atoms. The molecule has 1 rings (SSSR count). The van der Waals surface area contributed by atoms with Gasteiger partial charge < -0.3 is 50.5 Å². The summed E-state index contributed by atoms with van der Waals surface area (Å²) in [7, 11) is 0. The molecule has 11 nitrogen and oxygen atoms in total. The van der Waals surface area contributed by atoms with Gasteiger partial charge in [0.1, 0.15) is 36.6 Å². The topological polar surface area (TPSA) is 189 Å². The third-order valence-electron chi connectivity index (χ3n) is 12.4. The molecule has 0 aliphatic carbocycles. The largest absolute Gasteiger partial charge is 0.394 e. The van der Waals surface area contributed by atoms with Gasteiger partial charge in [-0.1, -0.05) is 185 Å². The summed E-state index contributed by atoms with van der Waals surface area (Å²) in [5, 5.41) is 75.5. The minimum absolute atomic E-state index is 0.228. The summed E-state index contributed by atoms with van der Waals surface area (Å²) in [6.07, 6.45) is 38.1. The van der Waals surface area contributed by atoms with E-state index in [0.717, 1.165) is 51.4 Å². The maximum absolute atomic E-state index is 13.0. The summed E-state index contributed by atoms with van der Waals surface area (Å²) in [5.41, 5.74) is 0. The second kappa shape index (κ2) is 41.7. The molecular formula is C52H97NO10. The molecule has 1 saturated heterocycles. The number of aliphatic hydroxyl groups excluding tert-OH is 7. The fourth-order valence-corrected chi connectivity index (χ4v) is 8.09. The molecule has 0 aromatic rings. The predicted molar refractivity (Wildman–Crippen MR) is 256 cm³/mol. The van der Waals surface area contributed by atoms with Crippen LogP contribution in [0.4, 0.5) is 0 Å². The number of nitrogens with one attached hydrogen (secondary N) is 1. The minimum atomic E-state index is -1.67. The van der Waals surface area contributed by atoms with Crippen LogP contribution in [0, 0.1) is 0 Å². The van der Waals surface area contributed by atoms with E-state index in [-0.39, 0.29) is 12.8 Å². The molecule has 1 amide bonds. The van der Waals surface area contributed by atoms with Gasteiger partial charge >= 0.3 is 0 Å². The van der Waals surface area contributed by atoms with E-state index in [1.54, 1.807) is 0 Å². The Morgan fingerprint density at radius 2 is 0.968 bits per heavy atom. The van der Waals surface area contributed by atoms with Crippen LogP contribution in [-0.4, -0.2) is 110 Å². The van der Waals surface area contributed by atoms with Crippen LogP contribution < -0.4 is 5.32 Å². The molecule has 11 heteroatoms. The third-order valence-corrected chi connectivity index (χ3v) is 12.4. The number of amides is 1. The van der Waals surface area contributed by atoms with Crippen LogP contribution in [0.5, 0.6) is 0 Å². The first-order chi connectivity index (χ1) is 30.7. The lowest BCUT2D eigenvalue weighted by molar-refractivity contribution is -0.303. The van der Waals surface area contributed by atoms with Crippen molar-refractivity contribution >= 4 is 5.91 Å². The summed E-state index contributed by atoms with van der Waals surface area (Å²) >= 11 is 0. The number of allylic oxidation sites excluding steroid dienone is 6. The molecule has 0 saturated carbocycles. The first kappa shape index (κ1) is 59.3. The second-order valence-corrected chi connectivity index (χ2v) is 18.2. The van der Waals surface area contributed by atoms with Gasteiger partial charge in [0.25, 0.3) is 0 Å². The van der Waals surface area contributed by atoms with Gasteiger partial charge in [0.2, 0.25) is 5.91 Å². The zero-order valence-corrected chi connectivity index (χ0v) is 40.1. The lowest BCUT2D eigenvalue weighted by atomic mass is 9.98. The molecule has 1 aliphatic heterocycles. The highest BCUT2D eigenvalue weighted by Gasteiger charge is 2.44. The van der Waals surface area contributed by atoms with Gasteiger partial charge in [0.15, 0.2) is 6.29 Å². The van der Waals surface area contributed by atoms with Crippen molar-refractivity contribution in [2.24, 2.45) is 0 Å². The first-order valence-electron chi connectivity index (χ1n) is 25.9. The van der Waals surface area contributed by atoms with Crippen molar-refractivity contribution in [2.45, 2.75) is 274 Å². The van der Waals surface area contributed by atoms with Gasteiger partial charge in [-0.3, -0.25) is 4.79 Å². The van der Waals surface area contributed by atoms with Gasteiger partial charge in [-0.05, 0) is 70.6 Å². The van der Waals surface area contributed by atoms with Crippen molar-refractivity contribution in [3.63, 3.8) is 0 Å². The van der Waals surface area contributed by atoms with Crippen LogP contribution in [0.2, 0.25) is 0 Å². The molecule has 63 heavy (non-hydrogen) atoms. The van der Waals surface area contributed by atoms with Crippen molar-refractivity contribution < 1.29 is 50.0 Å². The Morgan fingerprint density at radius 3 is 1.46 bits per heavy atom. The summed E-state index contributed by atoms with van der Waals surface area (Å²) in [5.74, 6) is -0.726. The molecule has 0 aromatic carbocycles. The van der Waals surface area contributed by atoms with E-state index < -0.39 is 74.2 Å². The Morgan fingerprint density at radius 1 is 0.540 bits per heavy atom. The minimum Gasteiger partial charge on any atom is -0.394 e. The quantitative estimate of drug-likeness (QED) is 0.0216. The zero-order valence-electron chi connectivity index (χ0n) is 40.1. The van der Waals surface area contributed by atoms with Crippen molar-refractivity contribution in [1.82, 2.24) is 5.32 Å². The third kappa shape index (κ3) is 31.0. The average Bonchev–Trinajstić information content (AvgIpc) is 3.28. The summed E-state index contributed by atoms with van der Waals surface area (Å²) in [4.78, 5) is 13.0. The molecular weight excluding hydrogens is 799 g/mol. The van der Waals surface area contributed by atoms with Gasteiger partial charge in [-0.25, -0.2) is 0 Å². The number of carbonyl (C=O) groups excluding carboxylic acids is 1. The monoisotopic (exact) mass is 896 g/mol. The van der Waals surface area contributed by atoms with Crippen molar-refractivity contribution in [3.8, 4) is 0 Å². The SMILES string of the molecule is CCCC/C=C\CCCCCC(O)C(=O)NC(COC1OC(CO)C(O)C(O)C1O)C(O)C(O)CCC/C=C/CC/C=C/CCCCCCCCCCCCCCCCCCCC. The fraction of sp³-hybridized carbons (Fsp3) is 0.865. The van der Waals surface area contributed by atoms with Crippen LogP contribution in [0.25, 0.3) is 0 Å². The molecule has 1 aliphatic rings. The summed E-state index contributed by atoms with van der Waals surface area (Å²) in [6, 6.07) is -1.20. The van der Waals surface area contributed by atoms with E-state index in [4.69, 9.17) is 9.47 Å².